The molecule has 0 unspecified atom stereocenters. The molecule has 0 aliphatic heterocycles. The SMILES string of the molecule is C/C=C\C(=O)OCC(=O)Oc1ccc2ccccc2c1. The van der Waals surface area contributed by atoms with Gasteiger partial charge in [-0.15, -0.1) is 0 Å². The fourth-order valence-corrected chi connectivity index (χ4v) is 1.71. The zero-order valence-electron chi connectivity index (χ0n) is 11.0. The number of allylic oxidation sites excluding steroid dienone is 1. The first-order valence-corrected chi connectivity index (χ1v) is 6.18. The Morgan fingerprint density at radius 3 is 2.60 bits per heavy atom. The van der Waals surface area contributed by atoms with Crippen LogP contribution in [0, 0.1) is 0 Å². The third-order valence-corrected chi connectivity index (χ3v) is 2.59. The molecule has 2 aromatic rings. The molecule has 2 rings (SSSR count). The summed E-state index contributed by atoms with van der Waals surface area (Å²) in [6.07, 6.45) is 2.78. The highest BCUT2D eigenvalue weighted by atomic mass is 16.6. The van der Waals surface area contributed by atoms with E-state index in [1.54, 1.807) is 19.1 Å². The highest BCUT2D eigenvalue weighted by Crippen LogP contribution is 2.20. The third kappa shape index (κ3) is 3.68. The maximum atomic E-state index is 11.5. The molecule has 4 nitrogen and oxygen atoms in total. The van der Waals surface area contributed by atoms with Crippen LogP contribution in [-0.4, -0.2) is 18.5 Å². The van der Waals surface area contributed by atoms with Crippen LogP contribution in [-0.2, 0) is 14.3 Å². The van der Waals surface area contributed by atoms with Crippen LogP contribution in [0.4, 0.5) is 0 Å². The number of carbonyl (C=O) groups excluding carboxylic acids is 2. The Hall–Kier alpha value is -2.62. The van der Waals surface area contributed by atoms with Gasteiger partial charge in [0.25, 0.3) is 0 Å². The minimum absolute atomic E-state index is 0.407. The lowest BCUT2D eigenvalue weighted by atomic mass is 10.1. The molecular formula is C16H14O4. The zero-order chi connectivity index (χ0) is 14.4. The van der Waals surface area contributed by atoms with Crippen molar-refractivity contribution in [2.45, 2.75) is 6.92 Å². The molecule has 20 heavy (non-hydrogen) atoms. The van der Waals surface area contributed by atoms with Gasteiger partial charge >= 0.3 is 11.9 Å². The number of ether oxygens (including phenoxy) is 2. The van der Waals surface area contributed by atoms with E-state index in [0.29, 0.717) is 5.75 Å². The van der Waals surface area contributed by atoms with E-state index in [0.717, 1.165) is 10.8 Å². The Bertz CT molecular complexity index is 658. The highest BCUT2D eigenvalue weighted by Gasteiger charge is 2.08. The Morgan fingerprint density at radius 2 is 1.85 bits per heavy atom. The molecule has 0 aliphatic carbocycles. The molecule has 0 aliphatic rings. The normalized spacial score (nSPS) is 10.7. The summed E-state index contributed by atoms with van der Waals surface area (Å²) in [6.45, 7) is 1.28. The van der Waals surface area contributed by atoms with Crippen LogP contribution in [0.5, 0.6) is 5.75 Å². The molecule has 2 aromatic carbocycles. The van der Waals surface area contributed by atoms with Gasteiger partial charge in [-0.05, 0) is 29.8 Å². The Balaban J connectivity index is 1.97. The van der Waals surface area contributed by atoms with Crippen LogP contribution in [0.15, 0.2) is 54.6 Å². The largest absolute Gasteiger partial charge is 0.451 e. The van der Waals surface area contributed by atoms with Gasteiger partial charge in [-0.2, -0.15) is 0 Å². The fraction of sp³-hybridized carbons (Fsp3) is 0.125. The molecule has 102 valence electrons. The molecule has 0 aromatic heterocycles. The lowest BCUT2D eigenvalue weighted by molar-refractivity contribution is -0.150. The first-order chi connectivity index (χ1) is 9.69. The predicted molar refractivity (Wildman–Crippen MR) is 75.4 cm³/mol. The number of fused-ring (bicyclic) bond motifs is 1. The number of hydrogen-bond donors (Lipinski definition) is 0. The third-order valence-electron chi connectivity index (χ3n) is 2.59. The van der Waals surface area contributed by atoms with E-state index >= 15 is 0 Å². The number of hydrogen-bond acceptors (Lipinski definition) is 4. The molecule has 0 radical (unpaired) electrons. The van der Waals surface area contributed by atoms with Gasteiger partial charge in [0.2, 0.25) is 0 Å². The molecule has 0 fully saturated rings. The molecule has 0 saturated carbocycles. The molecule has 0 N–H and O–H groups in total. The maximum Gasteiger partial charge on any atom is 0.349 e. The van der Waals surface area contributed by atoms with E-state index in [2.05, 4.69) is 0 Å². The van der Waals surface area contributed by atoms with Crippen molar-refractivity contribution in [3.63, 3.8) is 0 Å². The van der Waals surface area contributed by atoms with Gasteiger partial charge in [0.05, 0.1) is 0 Å². The maximum absolute atomic E-state index is 11.5. The van der Waals surface area contributed by atoms with Crippen molar-refractivity contribution in [1.82, 2.24) is 0 Å². The van der Waals surface area contributed by atoms with Crippen molar-refractivity contribution >= 4 is 22.7 Å². The summed E-state index contributed by atoms with van der Waals surface area (Å²) in [7, 11) is 0. The first-order valence-electron chi connectivity index (χ1n) is 6.18. The summed E-state index contributed by atoms with van der Waals surface area (Å²) in [4.78, 5) is 22.6. The summed E-state index contributed by atoms with van der Waals surface area (Å²) >= 11 is 0. The number of carbonyl (C=O) groups is 2. The van der Waals surface area contributed by atoms with Gasteiger partial charge in [-0.3, -0.25) is 0 Å². The van der Waals surface area contributed by atoms with Gasteiger partial charge in [-0.25, -0.2) is 9.59 Å². The second-order valence-corrected chi connectivity index (χ2v) is 4.09. The topological polar surface area (TPSA) is 52.6 Å². The van der Waals surface area contributed by atoms with Crippen LogP contribution in [0.1, 0.15) is 6.92 Å². The second kappa shape index (κ2) is 6.52. The number of benzene rings is 2. The van der Waals surface area contributed by atoms with Gasteiger partial charge in [0.15, 0.2) is 6.61 Å². The smallest absolute Gasteiger partial charge is 0.349 e. The van der Waals surface area contributed by atoms with E-state index in [1.807, 2.05) is 30.3 Å². The van der Waals surface area contributed by atoms with Crippen molar-refractivity contribution in [2.75, 3.05) is 6.61 Å². The molecular weight excluding hydrogens is 256 g/mol. The van der Waals surface area contributed by atoms with Crippen LogP contribution in [0.25, 0.3) is 10.8 Å². The van der Waals surface area contributed by atoms with Crippen molar-refractivity contribution in [3.05, 3.63) is 54.6 Å². The van der Waals surface area contributed by atoms with Crippen molar-refractivity contribution < 1.29 is 19.1 Å². The minimum Gasteiger partial charge on any atom is -0.451 e. The molecule has 4 heteroatoms. The van der Waals surface area contributed by atoms with E-state index in [9.17, 15) is 9.59 Å². The van der Waals surface area contributed by atoms with E-state index in [1.165, 1.54) is 12.2 Å². The highest BCUT2D eigenvalue weighted by molar-refractivity contribution is 5.86. The molecule has 0 spiro atoms. The van der Waals surface area contributed by atoms with Crippen LogP contribution in [0.3, 0.4) is 0 Å². The number of rotatable bonds is 4. The lowest BCUT2D eigenvalue weighted by Crippen LogP contribution is -2.17. The van der Waals surface area contributed by atoms with Gasteiger partial charge < -0.3 is 9.47 Å². The monoisotopic (exact) mass is 270 g/mol. The molecule has 0 atom stereocenters. The van der Waals surface area contributed by atoms with Crippen LogP contribution in [0.2, 0.25) is 0 Å². The average molecular weight is 270 g/mol. The van der Waals surface area contributed by atoms with E-state index < -0.39 is 18.5 Å². The molecule has 0 saturated heterocycles. The average Bonchev–Trinajstić information content (AvgIpc) is 2.45. The first kappa shape index (κ1) is 13.8. The van der Waals surface area contributed by atoms with Gasteiger partial charge in [0, 0.05) is 6.08 Å². The summed E-state index contributed by atoms with van der Waals surface area (Å²) < 4.78 is 9.81. The van der Waals surface area contributed by atoms with Crippen LogP contribution < -0.4 is 4.74 Å². The predicted octanol–water partition coefficient (Wildman–Crippen LogP) is 2.86. The standard InChI is InChI=1S/C16H14O4/c1-2-5-15(17)19-11-16(18)20-14-9-8-12-6-3-4-7-13(12)10-14/h2-10H,11H2,1H3/b5-2-. The van der Waals surface area contributed by atoms with Crippen molar-refractivity contribution in [2.24, 2.45) is 0 Å². The van der Waals surface area contributed by atoms with E-state index in [-0.39, 0.29) is 0 Å². The van der Waals surface area contributed by atoms with Gasteiger partial charge in [0.1, 0.15) is 5.75 Å². The summed E-state index contributed by atoms with van der Waals surface area (Å²) in [5.41, 5.74) is 0. The second-order valence-electron chi connectivity index (χ2n) is 4.09. The Morgan fingerprint density at radius 1 is 1.10 bits per heavy atom. The Labute approximate surface area is 116 Å². The fourth-order valence-electron chi connectivity index (χ4n) is 1.71. The summed E-state index contributed by atoms with van der Waals surface area (Å²) in [6, 6.07) is 13.1. The molecule has 0 heterocycles. The molecule has 0 amide bonds. The van der Waals surface area contributed by atoms with Crippen molar-refractivity contribution in [3.8, 4) is 5.75 Å². The van der Waals surface area contributed by atoms with Crippen LogP contribution >= 0.6 is 0 Å². The number of esters is 2. The molecule has 0 bridgehead atoms. The Kier molecular flexibility index (Phi) is 4.50. The minimum atomic E-state index is -0.613. The summed E-state index contributed by atoms with van der Waals surface area (Å²) in [5.74, 6) is -0.753. The lowest BCUT2D eigenvalue weighted by Gasteiger charge is -2.05. The quantitative estimate of drug-likeness (QED) is 0.487. The van der Waals surface area contributed by atoms with Gasteiger partial charge in [-0.1, -0.05) is 36.4 Å². The zero-order valence-corrected chi connectivity index (χ0v) is 11.0. The van der Waals surface area contributed by atoms with E-state index in [4.69, 9.17) is 9.47 Å². The van der Waals surface area contributed by atoms with Crippen molar-refractivity contribution in [1.29, 1.82) is 0 Å². The summed E-state index contributed by atoms with van der Waals surface area (Å²) in [5, 5.41) is 2.04.